The van der Waals surface area contributed by atoms with E-state index in [4.69, 9.17) is 0 Å². The minimum atomic E-state index is -0.316. The van der Waals surface area contributed by atoms with Crippen molar-refractivity contribution in [2.75, 3.05) is 0 Å². The fourth-order valence-electron chi connectivity index (χ4n) is 2.93. The molecule has 2 saturated carbocycles. The molecule has 0 aromatic rings. The Morgan fingerprint density at radius 3 is 2.79 bits per heavy atom. The van der Waals surface area contributed by atoms with Crippen LogP contribution in [0.5, 0.6) is 0 Å². The van der Waals surface area contributed by atoms with Gasteiger partial charge in [0.15, 0.2) is 0 Å². The third-order valence-electron chi connectivity index (χ3n) is 3.67. The zero-order valence-corrected chi connectivity index (χ0v) is 8.54. The van der Waals surface area contributed by atoms with Crippen molar-refractivity contribution in [1.82, 2.24) is 0 Å². The Balaban J connectivity index is 2.24. The highest BCUT2D eigenvalue weighted by Gasteiger charge is 2.38. The molecule has 3 unspecified atom stereocenters. The smallest absolute Gasteiger partial charge is 0.136 e. The quantitative estimate of drug-likeness (QED) is 0.599. The first-order chi connectivity index (χ1) is 6.70. The number of hydrogen-bond acceptors (Lipinski definition) is 2. The summed E-state index contributed by atoms with van der Waals surface area (Å²) in [5, 5.41) is 9.90. The van der Waals surface area contributed by atoms with Crippen LogP contribution < -0.4 is 0 Å². The van der Waals surface area contributed by atoms with Gasteiger partial charge in [0.25, 0.3) is 0 Å². The fourth-order valence-corrected chi connectivity index (χ4v) is 2.93. The van der Waals surface area contributed by atoms with Crippen LogP contribution in [0.3, 0.4) is 0 Å². The molecule has 2 rings (SSSR count). The van der Waals surface area contributed by atoms with E-state index in [9.17, 15) is 9.90 Å². The van der Waals surface area contributed by atoms with E-state index in [1.54, 1.807) is 0 Å². The summed E-state index contributed by atoms with van der Waals surface area (Å²) in [6.07, 6.45) is 5.01. The van der Waals surface area contributed by atoms with Gasteiger partial charge in [-0.1, -0.05) is 18.6 Å². The summed E-state index contributed by atoms with van der Waals surface area (Å²) in [5.74, 6) is 0.500. The monoisotopic (exact) mass is 194 g/mol. The first-order valence-corrected chi connectivity index (χ1v) is 5.58. The van der Waals surface area contributed by atoms with E-state index in [0.717, 1.165) is 37.7 Å². The third kappa shape index (κ3) is 1.63. The molecule has 1 N–H and O–H groups in total. The Bertz CT molecular complexity index is 257. The Hall–Kier alpha value is -0.630. The topological polar surface area (TPSA) is 37.3 Å². The van der Waals surface area contributed by atoms with E-state index in [2.05, 4.69) is 6.58 Å². The maximum atomic E-state index is 11.8. The largest absolute Gasteiger partial charge is 0.392 e. The predicted octanol–water partition coefficient (Wildman–Crippen LogP) is 2.07. The molecule has 2 aliphatic carbocycles. The van der Waals surface area contributed by atoms with Gasteiger partial charge in [-0.2, -0.15) is 0 Å². The normalized spacial score (nSPS) is 39.1. The maximum Gasteiger partial charge on any atom is 0.136 e. The first kappa shape index (κ1) is 9.91. The minimum absolute atomic E-state index is 0.0683. The van der Waals surface area contributed by atoms with Gasteiger partial charge in [-0.3, -0.25) is 4.79 Å². The van der Waals surface area contributed by atoms with Crippen molar-refractivity contribution in [3.05, 3.63) is 12.2 Å². The van der Waals surface area contributed by atoms with Crippen LogP contribution in [0.2, 0.25) is 0 Å². The third-order valence-corrected chi connectivity index (χ3v) is 3.67. The molecule has 0 aliphatic heterocycles. The molecule has 0 saturated heterocycles. The molecule has 14 heavy (non-hydrogen) atoms. The number of carbonyl (C=O) groups is 1. The Morgan fingerprint density at radius 1 is 1.21 bits per heavy atom. The molecule has 0 radical (unpaired) electrons. The highest BCUT2D eigenvalue weighted by Crippen LogP contribution is 2.40. The van der Waals surface area contributed by atoms with Crippen molar-refractivity contribution in [3.63, 3.8) is 0 Å². The van der Waals surface area contributed by atoms with Crippen LogP contribution in [0.25, 0.3) is 0 Å². The number of Topliss-reactive ketones (excluding diaryl/α,β-unsaturated/α-hetero) is 1. The van der Waals surface area contributed by atoms with Crippen molar-refractivity contribution in [1.29, 1.82) is 0 Å². The highest BCUT2D eigenvalue weighted by molar-refractivity contribution is 5.82. The molecule has 0 heterocycles. The first-order valence-electron chi connectivity index (χ1n) is 5.58. The average molecular weight is 194 g/mol. The van der Waals surface area contributed by atoms with E-state index in [-0.39, 0.29) is 17.9 Å². The zero-order chi connectivity index (χ0) is 10.1. The molecule has 0 spiro atoms. The predicted molar refractivity (Wildman–Crippen MR) is 54.8 cm³/mol. The summed E-state index contributed by atoms with van der Waals surface area (Å²) in [6.45, 7) is 4.03. The summed E-state index contributed by atoms with van der Waals surface area (Å²) >= 11 is 0. The second-order valence-corrected chi connectivity index (χ2v) is 4.61. The molecule has 2 fully saturated rings. The fraction of sp³-hybridized carbons (Fsp3) is 0.750. The van der Waals surface area contributed by atoms with Gasteiger partial charge in [0.2, 0.25) is 0 Å². The van der Waals surface area contributed by atoms with Crippen LogP contribution in [0.4, 0.5) is 0 Å². The molecular formula is C12H18O2. The van der Waals surface area contributed by atoms with Gasteiger partial charge in [-0.15, -0.1) is 0 Å². The number of fused-ring (bicyclic) bond motifs is 1. The minimum Gasteiger partial charge on any atom is -0.392 e. The van der Waals surface area contributed by atoms with Gasteiger partial charge < -0.3 is 5.11 Å². The van der Waals surface area contributed by atoms with Gasteiger partial charge in [0.05, 0.1) is 6.10 Å². The van der Waals surface area contributed by atoms with Crippen LogP contribution in [-0.4, -0.2) is 17.0 Å². The van der Waals surface area contributed by atoms with Crippen molar-refractivity contribution in [2.24, 2.45) is 11.8 Å². The van der Waals surface area contributed by atoms with Crippen LogP contribution in [0.1, 0.15) is 38.5 Å². The Labute approximate surface area is 85.0 Å². The van der Waals surface area contributed by atoms with Crippen LogP contribution in [0.15, 0.2) is 12.2 Å². The Morgan fingerprint density at radius 2 is 2.00 bits per heavy atom. The van der Waals surface area contributed by atoms with E-state index in [0.29, 0.717) is 12.2 Å². The highest BCUT2D eigenvalue weighted by atomic mass is 16.3. The number of ketones is 1. The van der Waals surface area contributed by atoms with Gasteiger partial charge in [-0.25, -0.2) is 0 Å². The Kier molecular flexibility index (Phi) is 2.73. The van der Waals surface area contributed by atoms with Crippen molar-refractivity contribution >= 4 is 5.78 Å². The van der Waals surface area contributed by atoms with Crippen LogP contribution >= 0.6 is 0 Å². The SMILES string of the molecule is C=C1CCCC(=O)C2CCCC(O)C12. The molecule has 3 atom stereocenters. The lowest BCUT2D eigenvalue weighted by Gasteiger charge is -2.34. The molecule has 2 nitrogen and oxygen atoms in total. The van der Waals surface area contributed by atoms with E-state index in [1.807, 2.05) is 0 Å². The van der Waals surface area contributed by atoms with E-state index >= 15 is 0 Å². The molecule has 0 amide bonds. The lowest BCUT2D eigenvalue weighted by Crippen LogP contribution is -2.36. The standard InChI is InChI=1S/C12H18O2/c1-8-4-2-6-10(13)9-5-3-7-11(14)12(8)9/h9,11-12,14H,1-7H2. The summed E-state index contributed by atoms with van der Waals surface area (Å²) in [6, 6.07) is 0. The van der Waals surface area contributed by atoms with Crippen LogP contribution in [-0.2, 0) is 4.79 Å². The van der Waals surface area contributed by atoms with Crippen LogP contribution in [0, 0.1) is 11.8 Å². The molecule has 2 aliphatic rings. The van der Waals surface area contributed by atoms with E-state index in [1.165, 1.54) is 0 Å². The number of hydrogen-bond donors (Lipinski definition) is 1. The summed E-state index contributed by atoms with van der Waals surface area (Å²) < 4.78 is 0. The van der Waals surface area contributed by atoms with Gasteiger partial charge in [0, 0.05) is 18.3 Å². The lowest BCUT2D eigenvalue weighted by atomic mass is 9.72. The van der Waals surface area contributed by atoms with Crippen molar-refractivity contribution in [2.45, 2.75) is 44.6 Å². The second-order valence-electron chi connectivity index (χ2n) is 4.61. The number of carbonyl (C=O) groups excluding carboxylic acids is 1. The van der Waals surface area contributed by atoms with Gasteiger partial charge in [0.1, 0.15) is 5.78 Å². The zero-order valence-electron chi connectivity index (χ0n) is 8.54. The number of aliphatic hydroxyl groups excluding tert-OH is 1. The molecular weight excluding hydrogens is 176 g/mol. The van der Waals surface area contributed by atoms with Gasteiger partial charge >= 0.3 is 0 Å². The van der Waals surface area contributed by atoms with Crippen molar-refractivity contribution in [3.8, 4) is 0 Å². The summed E-state index contributed by atoms with van der Waals surface area (Å²) in [7, 11) is 0. The summed E-state index contributed by atoms with van der Waals surface area (Å²) in [4.78, 5) is 11.8. The number of aliphatic hydroxyl groups is 1. The molecule has 0 aromatic heterocycles. The lowest BCUT2D eigenvalue weighted by molar-refractivity contribution is -0.126. The summed E-state index contributed by atoms with van der Waals surface area (Å²) in [5.41, 5.74) is 1.10. The molecule has 0 aromatic carbocycles. The van der Waals surface area contributed by atoms with Gasteiger partial charge in [-0.05, 0) is 25.7 Å². The average Bonchev–Trinajstić information content (AvgIpc) is 2.29. The number of rotatable bonds is 0. The molecule has 0 bridgehead atoms. The molecule has 2 heteroatoms. The van der Waals surface area contributed by atoms with E-state index < -0.39 is 0 Å². The maximum absolute atomic E-state index is 11.8. The molecule has 78 valence electrons. The van der Waals surface area contributed by atoms with Crippen molar-refractivity contribution < 1.29 is 9.90 Å². The second kappa shape index (κ2) is 3.85.